The molecule has 15 heavy (non-hydrogen) atoms. The molecular formula is C10H11F2NO2. The minimum atomic E-state index is -2.55. The molecule has 3 nitrogen and oxygen atoms in total. The first-order valence-corrected chi connectivity index (χ1v) is 4.39. The molecule has 5 heteroatoms. The first kappa shape index (κ1) is 11.4. The van der Waals surface area contributed by atoms with Crippen LogP contribution in [0.15, 0.2) is 30.3 Å². The Morgan fingerprint density at radius 2 is 1.93 bits per heavy atom. The van der Waals surface area contributed by atoms with Gasteiger partial charge in [0.15, 0.2) is 0 Å². The lowest BCUT2D eigenvalue weighted by Gasteiger charge is -2.22. The molecule has 0 atom stereocenters. The van der Waals surface area contributed by atoms with Crippen LogP contribution in [0, 0.1) is 0 Å². The van der Waals surface area contributed by atoms with Crippen LogP contribution in [0.4, 0.5) is 14.5 Å². The van der Waals surface area contributed by atoms with E-state index in [4.69, 9.17) is 5.11 Å². The fraction of sp³-hybridized carbons (Fsp3) is 0.300. The number of carboxylic acid groups (broad SMARTS) is 1. The largest absolute Gasteiger partial charge is 0.480 e. The fourth-order valence-corrected chi connectivity index (χ4v) is 1.23. The monoisotopic (exact) mass is 215 g/mol. The Morgan fingerprint density at radius 3 is 2.40 bits per heavy atom. The van der Waals surface area contributed by atoms with Crippen molar-refractivity contribution in [1.29, 1.82) is 0 Å². The molecule has 0 aliphatic heterocycles. The van der Waals surface area contributed by atoms with Gasteiger partial charge < -0.3 is 10.0 Å². The Balaban J connectivity index is 2.76. The van der Waals surface area contributed by atoms with Gasteiger partial charge in [-0.15, -0.1) is 0 Å². The van der Waals surface area contributed by atoms with Crippen molar-refractivity contribution in [1.82, 2.24) is 0 Å². The number of para-hydroxylation sites is 1. The molecule has 0 aliphatic carbocycles. The Bertz CT molecular complexity index is 316. The van der Waals surface area contributed by atoms with E-state index >= 15 is 0 Å². The van der Waals surface area contributed by atoms with Crippen LogP contribution in [0.3, 0.4) is 0 Å². The minimum absolute atomic E-state index is 0.422. The highest BCUT2D eigenvalue weighted by molar-refractivity contribution is 5.73. The first-order valence-electron chi connectivity index (χ1n) is 4.39. The number of carbonyl (C=O) groups is 1. The van der Waals surface area contributed by atoms with Crippen molar-refractivity contribution < 1.29 is 18.7 Å². The van der Waals surface area contributed by atoms with Crippen LogP contribution in [0.5, 0.6) is 0 Å². The summed E-state index contributed by atoms with van der Waals surface area (Å²) in [7, 11) is 0. The Morgan fingerprint density at radius 1 is 1.33 bits per heavy atom. The van der Waals surface area contributed by atoms with Crippen LogP contribution in [0.2, 0.25) is 0 Å². The van der Waals surface area contributed by atoms with E-state index in [1.807, 2.05) is 0 Å². The van der Waals surface area contributed by atoms with Gasteiger partial charge in [0.25, 0.3) is 6.43 Å². The fourth-order valence-electron chi connectivity index (χ4n) is 1.23. The number of aliphatic carboxylic acids is 1. The zero-order valence-electron chi connectivity index (χ0n) is 7.94. The lowest BCUT2D eigenvalue weighted by atomic mass is 10.3. The Kier molecular flexibility index (Phi) is 4.03. The van der Waals surface area contributed by atoms with Crippen molar-refractivity contribution in [3.63, 3.8) is 0 Å². The van der Waals surface area contributed by atoms with Gasteiger partial charge in [0.05, 0.1) is 6.54 Å². The predicted molar refractivity (Wildman–Crippen MR) is 52.3 cm³/mol. The van der Waals surface area contributed by atoms with Crippen molar-refractivity contribution in [3.05, 3.63) is 30.3 Å². The number of anilines is 1. The number of carboxylic acids is 1. The molecule has 0 saturated carbocycles. The second-order valence-corrected chi connectivity index (χ2v) is 3.00. The molecular weight excluding hydrogens is 204 g/mol. The van der Waals surface area contributed by atoms with Gasteiger partial charge in [0.1, 0.15) is 6.54 Å². The van der Waals surface area contributed by atoms with Gasteiger partial charge in [-0.1, -0.05) is 18.2 Å². The summed E-state index contributed by atoms with van der Waals surface area (Å²) >= 11 is 0. The van der Waals surface area contributed by atoms with Gasteiger partial charge in [-0.05, 0) is 12.1 Å². The van der Waals surface area contributed by atoms with Crippen LogP contribution in [0.25, 0.3) is 0 Å². The maximum absolute atomic E-state index is 12.2. The van der Waals surface area contributed by atoms with E-state index in [1.54, 1.807) is 30.3 Å². The zero-order valence-corrected chi connectivity index (χ0v) is 7.94. The van der Waals surface area contributed by atoms with E-state index in [2.05, 4.69) is 0 Å². The SMILES string of the molecule is O=C(O)CN(CC(F)F)c1ccccc1. The molecule has 1 aromatic carbocycles. The second kappa shape index (κ2) is 5.29. The summed E-state index contributed by atoms with van der Waals surface area (Å²) in [5, 5.41) is 8.57. The average Bonchev–Trinajstić information content (AvgIpc) is 2.17. The molecule has 0 fully saturated rings. The van der Waals surface area contributed by atoms with Crippen LogP contribution >= 0.6 is 0 Å². The van der Waals surface area contributed by atoms with Gasteiger partial charge in [-0.3, -0.25) is 4.79 Å². The quantitative estimate of drug-likeness (QED) is 0.814. The highest BCUT2D eigenvalue weighted by atomic mass is 19.3. The Hall–Kier alpha value is -1.65. The van der Waals surface area contributed by atoms with Gasteiger partial charge in [-0.25, -0.2) is 8.78 Å². The molecule has 82 valence electrons. The van der Waals surface area contributed by atoms with Gasteiger partial charge in [0, 0.05) is 5.69 Å². The molecule has 0 aromatic heterocycles. The number of alkyl halides is 2. The molecule has 0 radical (unpaired) electrons. The summed E-state index contributed by atoms with van der Waals surface area (Å²) in [6.45, 7) is -0.995. The Labute approximate surface area is 85.9 Å². The third-order valence-corrected chi connectivity index (χ3v) is 1.81. The molecule has 0 amide bonds. The number of benzene rings is 1. The van der Waals surface area contributed by atoms with Crippen LogP contribution in [-0.4, -0.2) is 30.6 Å². The van der Waals surface area contributed by atoms with E-state index in [1.165, 1.54) is 0 Å². The van der Waals surface area contributed by atoms with E-state index in [9.17, 15) is 13.6 Å². The van der Waals surface area contributed by atoms with Crippen molar-refractivity contribution in [2.45, 2.75) is 6.43 Å². The minimum Gasteiger partial charge on any atom is -0.480 e. The van der Waals surface area contributed by atoms with Crippen LogP contribution < -0.4 is 4.90 Å². The number of hydrogen-bond donors (Lipinski definition) is 1. The van der Waals surface area contributed by atoms with Crippen molar-refractivity contribution in [3.8, 4) is 0 Å². The molecule has 0 aliphatic rings. The topological polar surface area (TPSA) is 40.5 Å². The first-order chi connectivity index (χ1) is 7.09. The van der Waals surface area contributed by atoms with Gasteiger partial charge >= 0.3 is 5.97 Å². The second-order valence-electron chi connectivity index (χ2n) is 3.00. The third kappa shape index (κ3) is 3.93. The van der Waals surface area contributed by atoms with E-state index in [-0.39, 0.29) is 0 Å². The maximum atomic E-state index is 12.2. The highest BCUT2D eigenvalue weighted by Gasteiger charge is 2.15. The van der Waals surface area contributed by atoms with Crippen molar-refractivity contribution in [2.75, 3.05) is 18.0 Å². The molecule has 1 rings (SSSR count). The normalized spacial score (nSPS) is 10.3. The molecule has 1 N–H and O–H groups in total. The predicted octanol–water partition coefficient (Wildman–Crippen LogP) is 1.84. The average molecular weight is 215 g/mol. The highest BCUT2D eigenvalue weighted by Crippen LogP contribution is 2.14. The molecule has 0 heterocycles. The zero-order chi connectivity index (χ0) is 11.3. The number of nitrogens with zero attached hydrogens (tertiary/aromatic N) is 1. The van der Waals surface area contributed by atoms with E-state index in [0.29, 0.717) is 5.69 Å². The van der Waals surface area contributed by atoms with E-state index in [0.717, 1.165) is 4.90 Å². The van der Waals surface area contributed by atoms with Gasteiger partial charge in [0.2, 0.25) is 0 Å². The smallest absolute Gasteiger partial charge is 0.323 e. The molecule has 1 aromatic rings. The molecule has 0 saturated heterocycles. The summed E-state index contributed by atoms with van der Waals surface area (Å²) in [5.41, 5.74) is 0.486. The van der Waals surface area contributed by atoms with Crippen molar-refractivity contribution in [2.24, 2.45) is 0 Å². The summed E-state index contributed by atoms with van der Waals surface area (Å²) in [6.07, 6.45) is -2.55. The summed E-state index contributed by atoms with van der Waals surface area (Å²) in [4.78, 5) is 11.6. The van der Waals surface area contributed by atoms with Gasteiger partial charge in [-0.2, -0.15) is 0 Å². The number of hydrogen-bond acceptors (Lipinski definition) is 2. The summed E-state index contributed by atoms with van der Waals surface area (Å²) < 4.78 is 24.4. The lowest BCUT2D eigenvalue weighted by molar-refractivity contribution is -0.135. The molecule has 0 spiro atoms. The van der Waals surface area contributed by atoms with Crippen LogP contribution in [-0.2, 0) is 4.79 Å². The maximum Gasteiger partial charge on any atom is 0.323 e. The molecule has 0 bridgehead atoms. The standard InChI is InChI=1S/C10H11F2NO2/c11-9(12)6-13(7-10(14)15)8-4-2-1-3-5-8/h1-5,9H,6-7H2,(H,14,15). The van der Waals surface area contributed by atoms with Crippen molar-refractivity contribution >= 4 is 11.7 Å². The molecule has 0 unspecified atom stereocenters. The van der Waals surface area contributed by atoms with Crippen LogP contribution in [0.1, 0.15) is 0 Å². The number of rotatable bonds is 5. The summed E-state index contributed by atoms with van der Waals surface area (Å²) in [6, 6.07) is 8.30. The lowest BCUT2D eigenvalue weighted by Crippen LogP contribution is -2.33. The third-order valence-electron chi connectivity index (χ3n) is 1.81. The number of halogens is 2. The van der Waals surface area contributed by atoms with E-state index < -0.39 is 25.5 Å². The summed E-state index contributed by atoms with van der Waals surface area (Å²) in [5.74, 6) is -1.13.